The van der Waals surface area contributed by atoms with Gasteiger partial charge in [-0.05, 0) is 31.2 Å². The summed E-state index contributed by atoms with van der Waals surface area (Å²) in [5.41, 5.74) is -1.39. The summed E-state index contributed by atoms with van der Waals surface area (Å²) in [4.78, 5) is 37.2. The molecule has 0 aliphatic rings. The number of carbonyl (C=O) groups excluding carboxylic acids is 3. The Hall–Kier alpha value is -3.30. The first-order valence-corrected chi connectivity index (χ1v) is 8.15. The number of nitrogens with one attached hydrogen (secondary N) is 2. The molecule has 28 heavy (non-hydrogen) atoms. The van der Waals surface area contributed by atoms with Gasteiger partial charge in [0.1, 0.15) is 6.04 Å². The van der Waals surface area contributed by atoms with Gasteiger partial charge in [-0.15, -0.1) is 0 Å². The highest BCUT2D eigenvalue weighted by atomic mass is 19.4. The van der Waals surface area contributed by atoms with Gasteiger partial charge in [-0.2, -0.15) is 13.2 Å². The van der Waals surface area contributed by atoms with E-state index in [1.54, 1.807) is 0 Å². The van der Waals surface area contributed by atoms with Crippen molar-refractivity contribution in [3.8, 4) is 0 Å². The van der Waals surface area contributed by atoms with Crippen molar-refractivity contribution in [2.75, 3.05) is 18.9 Å². The minimum absolute atomic E-state index is 0.0174. The maximum atomic E-state index is 13.0. The van der Waals surface area contributed by atoms with E-state index in [2.05, 4.69) is 10.6 Å². The van der Waals surface area contributed by atoms with Gasteiger partial charge in [0.25, 0.3) is 5.91 Å². The van der Waals surface area contributed by atoms with Gasteiger partial charge in [0, 0.05) is 7.05 Å². The molecule has 1 heterocycles. The van der Waals surface area contributed by atoms with Crippen LogP contribution in [0.4, 0.5) is 18.9 Å². The van der Waals surface area contributed by atoms with E-state index in [0.717, 1.165) is 17.0 Å². The molecule has 0 fully saturated rings. The van der Waals surface area contributed by atoms with E-state index in [0.29, 0.717) is 0 Å². The van der Waals surface area contributed by atoms with Crippen LogP contribution in [0.1, 0.15) is 23.0 Å². The highest BCUT2D eigenvalue weighted by Crippen LogP contribution is 2.34. The molecule has 10 heteroatoms. The molecule has 7 nitrogen and oxygen atoms in total. The lowest BCUT2D eigenvalue weighted by atomic mass is 10.1. The smallest absolute Gasteiger partial charge is 0.418 e. The average Bonchev–Trinajstić information content (AvgIpc) is 3.15. The molecule has 0 saturated heterocycles. The first kappa shape index (κ1) is 21.0. The van der Waals surface area contributed by atoms with Gasteiger partial charge in [0.15, 0.2) is 5.76 Å². The van der Waals surface area contributed by atoms with Gasteiger partial charge < -0.3 is 20.0 Å². The highest BCUT2D eigenvalue weighted by Gasteiger charge is 2.33. The fourth-order valence-electron chi connectivity index (χ4n) is 2.39. The summed E-state index contributed by atoms with van der Waals surface area (Å²) in [5.74, 6) is -2.00. The number of likely N-dealkylation sites (N-methyl/N-ethyl adjacent to an activating group) is 1. The molecule has 150 valence electrons. The minimum atomic E-state index is -4.63. The molecule has 0 spiro atoms. The Balaban J connectivity index is 1.95. The van der Waals surface area contributed by atoms with Gasteiger partial charge in [-0.1, -0.05) is 12.1 Å². The van der Waals surface area contributed by atoms with E-state index < -0.39 is 47.7 Å². The standard InChI is InChI=1S/C18H18F3N3O4/c1-11(22-16(26)14-8-5-9-28-14)17(27)24(2)10-15(25)23-13-7-4-3-6-12(13)18(19,20)21/h3-9,11H,10H2,1-2H3,(H,22,26)(H,23,25)/t11-/m1/s1. The summed E-state index contributed by atoms with van der Waals surface area (Å²) in [6, 6.07) is 6.48. The molecule has 3 amide bonds. The van der Waals surface area contributed by atoms with Gasteiger partial charge in [-0.25, -0.2) is 0 Å². The molecular formula is C18H18F3N3O4. The number of hydrogen-bond acceptors (Lipinski definition) is 4. The molecule has 2 aromatic rings. The second-order valence-electron chi connectivity index (χ2n) is 5.96. The Bertz CT molecular complexity index is 850. The van der Waals surface area contributed by atoms with Gasteiger partial charge in [0.05, 0.1) is 24.1 Å². The van der Waals surface area contributed by atoms with Gasteiger partial charge >= 0.3 is 6.18 Å². The topological polar surface area (TPSA) is 91.7 Å². The van der Waals surface area contributed by atoms with Crippen molar-refractivity contribution in [2.24, 2.45) is 0 Å². The molecule has 0 aliphatic heterocycles. The largest absolute Gasteiger partial charge is 0.459 e. The molecule has 0 saturated carbocycles. The average molecular weight is 397 g/mol. The predicted octanol–water partition coefficient (Wildman–Crippen LogP) is 2.51. The Morgan fingerprint density at radius 3 is 2.43 bits per heavy atom. The monoisotopic (exact) mass is 397 g/mol. The molecule has 0 aliphatic carbocycles. The third kappa shape index (κ3) is 5.35. The SMILES string of the molecule is C[C@@H](NC(=O)c1ccco1)C(=O)N(C)CC(=O)Nc1ccccc1C(F)(F)F. The fraction of sp³-hybridized carbons (Fsp3) is 0.278. The first-order valence-electron chi connectivity index (χ1n) is 8.15. The number of amides is 3. The number of furan rings is 1. The van der Waals surface area contributed by atoms with E-state index in [1.807, 2.05) is 0 Å². The van der Waals surface area contributed by atoms with Crippen LogP contribution in [0.3, 0.4) is 0 Å². The third-order valence-corrected chi connectivity index (χ3v) is 3.73. The maximum Gasteiger partial charge on any atom is 0.418 e. The number of benzene rings is 1. The number of carbonyl (C=O) groups is 3. The summed E-state index contributed by atoms with van der Waals surface area (Å²) < 4.78 is 43.8. The third-order valence-electron chi connectivity index (χ3n) is 3.73. The molecule has 1 aromatic carbocycles. The Kier molecular flexibility index (Phi) is 6.45. The van der Waals surface area contributed by atoms with Crippen LogP contribution in [0.2, 0.25) is 0 Å². The van der Waals surface area contributed by atoms with Crippen molar-refractivity contribution in [1.29, 1.82) is 0 Å². The van der Waals surface area contributed by atoms with Crippen molar-refractivity contribution >= 4 is 23.4 Å². The maximum absolute atomic E-state index is 13.0. The Morgan fingerprint density at radius 1 is 1.14 bits per heavy atom. The zero-order chi connectivity index (χ0) is 20.9. The number of anilines is 1. The minimum Gasteiger partial charge on any atom is -0.459 e. The lowest BCUT2D eigenvalue weighted by Gasteiger charge is -2.22. The van der Waals surface area contributed by atoms with Crippen LogP contribution in [0.25, 0.3) is 0 Å². The van der Waals surface area contributed by atoms with E-state index in [9.17, 15) is 27.6 Å². The van der Waals surface area contributed by atoms with Crippen LogP contribution >= 0.6 is 0 Å². The molecule has 2 N–H and O–H groups in total. The van der Waals surface area contributed by atoms with E-state index in [4.69, 9.17) is 4.42 Å². The van der Waals surface area contributed by atoms with Crippen molar-refractivity contribution in [2.45, 2.75) is 19.1 Å². The lowest BCUT2D eigenvalue weighted by molar-refractivity contribution is -0.137. The Morgan fingerprint density at radius 2 is 1.82 bits per heavy atom. The summed E-state index contributed by atoms with van der Waals surface area (Å²) in [5, 5.41) is 4.56. The van der Waals surface area contributed by atoms with Crippen molar-refractivity contribution < 1.29 is 32.0 Å². The molecule has 1 aromatic heterocycles. The number of hydrogen-bond donors (Lipinski definition) is 2. The molecule has 0 bridgehead atoms. The lowest BCUT2D eigenvalue weighted by Crippen LogP contribution is -2.47. The molecule has 2 rings (SSSR count). The summed E-state index contributed by atoms with van der Waals surface area (Å²) in [6.45, 7) is 0.919. The van der Waals surface area contributed by atoms with Crippen molar-refractivity contribution in [3.63, 3.8) is 0 Å². The van der Waals surface area contributed by atoms with Crippen molar-refractivity contribution in [1.82, 2.24) is 10.2 Å². The number of para-hydroxylation sites is 1. The van der Waals surface area contributed by atoms with Crippen LogP contribution in [-0.2, 0) is 15.8 Å². The number of rotatable bonds is 6. The molecule has 0 radical (unpaired) electrons. The quantitative estimate of drug-likeness (QED) is 0.784. The van der Waals surface area contributed by atoms with Crippen LogP contribution in [0.5, 0.6) is 0 Å². The van der Waals surface area contributed by atoms with Crippen LogP contribution in [0.15, 0.2) is 47.1 Å². The normalized spacial score (nSPS) is 12.2. The first-order chi connectivity index (χ1) is 13.1. The van der Waals surface area contributed by atoms with E-state index in [1.165, 1.54) is 44.5 Å². The highest BCUT2D eigenvalue weighted by molar-refractivity contribution is 5.98. The number of alkyl halides is 3. The summed E-state index contributed by atoms with van der Waals surface area (Å²) in [6.07, 6.45) is -3.33. The van der Waals surface area contributed by atoms with Gasteiger partial charge in [0.2, 0.25) is 11.8 Å². The number of nitrogens with zero attached hydrogens (tertiary/aromatic N) is 1. The molecular weight excluding hydrogens is 379 g/mol. The summed E-state index contributed by atoms with van der Waals surface area (Å²) >= 11 is 0. The van der Waals surface area contributed by atoms with Crippen molar-refractivity contribution in [3.05, 3.63) is 54.0 Å². The molecule has 0 unspecified atom stereocenters. The Labute approximate surface area is 158 Å². The van der Waals surface area contributed by atoms with E-state index >= 15 is 0 Å². The van der Waals surface area contributed by atoms with Crippen LogP contribution < -0.4 is 10.6 Å². The summed E-state index contributed by atoms with van der Waals surface area (Å²) in [7, 11) is 1.30. The van der Waals surface area contributed by atoms with Crippen LogP contribution in [0, 0.1) is 0 Å². The van der Waals surface area contributed by atoms with Crippen LogP contribution in [-0.4, -0.2) is 42.3 Å². The van der Waals surface area contributed by atoms with Gasteiger partial charge in [-0.3, -0.25) is 14.4 Å². The number of halogens is 3. The van der Waals surface area contributed by atoms with E-state index in [-0.39, 0.29) is 5.76 Å². The second kappa shape index (κ2) is 8.59. The predicted molar refractivity (Wildman–Crippen MR) is 93.3 cm³/mol. The second-order valence-corrected chi connectivity index (χ2v) is 5.96. The zero-order valence-corrected chi connectivity index (χ0v) is 15.0. The zero-order valence-electron chi connectivity index (χ0n) is 15.0. The fourth-order valence-corrected chi connectivity index (χ4v) is 2.39. The molecule has 1 atom stereocenters.